The van der Waals surface area contributed by atoms with Gasteiger partial charge < -0.3 is 9.32 Å². The van der Waals surface area contributed by atoms with Crippen molar-refractivity contribution in [2.24, 2.45) is 0 Å². The van der Waals surface area contributed by atoms with Gasteiger partial charge >= 0.3 is 0 Å². The van der Waals surface area contributed by atoms with Gasteiger partial charge in [-0.1, -0.05) is 42.0 Å². The van der Waals surface area contributed by atoms with Crippen molar-refractivity contribution in [1.82, 2.24) is 9.88 Å². The zero-order chi connectivity index (χ0) is 16.8. The maximum Gasteiger partial charge on any atom is 0.223 e. The van der Waals surface area contributed by atoms with Crippen LogP contribution < -0.4 is 0 Å². The molecule has 1 aromatic carbocycles. The maximum atomic E-state index is 12.2. The first-order valence-electron chi connectivity index (χ1n) is 7.93. The lowest BCUT2D eigenvalue weighted by Gasteiger charge is -2.20. The summed E-state index contributed by atoms with van der Waals surface area (Å²) < 4.78 is 5.76. The van der Waals surface area contributed by atoms with Crippen molar-refractivity contribution in [3.05, 3.63) is 54.1 Å². The molecule has 0 fully saturated rings. The summed E-state index contributed by atoms with van der Waals surface area (Å²) in [6.45, 7) is 11.1. The number of amides is 1. The minimum Gasteiger partial charge on any atom is -0.441 e. The number of carbonyl (C=O) groups is 1. The molecule has 0 aliphatic rings. The molecule has 1 heterocycles. The third-order valence-corrected chi connectivity index (χ3v) is 3.64. The van der Waals surface area contributed by atoms with Gasteiger partial charge in [0, 0.05) is 31.5 Å². The fourth-order valence-electron chi connectivity index (χ4n) is 2.35. The van der Waals surface area contributed by atoms with Gasteiger partial charge in [-0.15, -0.1) is 0 Å². The highest BCUT2D eigenvalue weighted by Crippen LogP contribution is 2.21. The Hall–Kier alpha value is -2.36. The summed E-state index contributed by atoms with van der Waals surface area (Å²) in [5, 5.41) is 0. The van der Waals surface area contributed by atoms with E-state index in [1.54, 1.807) is 11.1 Å². The van der Waals surface area contributed by atoms with Gasteiger partial charge in [0.15, 0.2) is 11.7 Å². The minimum absolute atomic E-state index is 0.102. The predicted molar refractivity (Wildman–Crippen MR) is 92.1 cm³/mol. The molecule has 0 unspecified atom stereocenters. The number of hydrogen-bond donors (Lipinski definition) is 0. The Bertz CT molecular complexity index is 671. The molecule has 122 valence electrons. The molecule has 2 aromatic rings. The van der Waals surface area contributed by atoms with Gasteiger partial charge in [-0.05, 0) is 20.8 Å². The third kappa shape index (κ3) is 4.81. The van der Waals surface area contributed by atoms with Gasteiger partial charge in [-0.25, -0.2) is 4.98 Å². The van der Waals surface area contributed by atoms with E-state index in [-0.39, 0.29) is 5.91 Å². The quantitative estimate of drug-likeness (QED) is 0.726. The van der Waals surface area contributed by atoms with Crippen molar-refractivity contribution < 1.29 is 9.21 Å². The Morgan fingerprint density at radius 1 is 1.30 bits per heavy atom. The second kappa shape index (κ2) is 7.77. The summed E-state index contributed by atoms with van der Waals surface area (Å²) in [7, 11) is 0. The summed E-state index contributed by atoms with van der Waals surface area (Å²) in [6, 6.07) is 8.10. The Morgan fingerprint density at radius 2 is 2.00 bits per heavy atom. The van der Waals surface area contributed by atoms with Crippen molar-refractivity contribution in [2.75, 3.05) is 13.1 Å². The standard InChI is InChI=1S/C19H24N2O2/c1-5-21(13-14(2)3)19(22)11-10-18-20-12-17(23-18)16-8-6-15(4)7-9-16/h6-9,12H,2,5,10-11,13H2,1,3-4H3. The molecule has 1 amide bonds. The van der Waals surface area contributed by atoms with Crippen LogP contribution in [0.3, 0.4) is 0 Å². The molecule has 23 heavy (non-hydrogen) atoms. The minimum atomic E-state index is 0.102. The van der Waals surface area contributed by atoms with E-state index in [2.05, 4.69) is 11.6 Å². The van der Waals surface area contributed by atoms with Gasteiger partial charge in [0.25, 0.3) is 0 Å². The van der Waals surface area contributed by atoms with E-state index < -0.39 is 0 Å². The van der Waals surface area contributed by atoms with Crippen LogP contribution in [0.1, 0.15) is 31.7 Å². The highest BCUT2D eigenvalue weighted by molar-refractivity contribution is 5.76. The Balaban J connectivity index is 1.95. The highest BCUT2D eigenvalue weighted by Gasteiger charge is 2.14. The number of aromatic nitrogens is 1. The van der Waals surface area contributed by atoms with E-state index in [9.17, 15) is 4.79 Å². The SMILES string of the molecule is C=C(C)CN(CC)C(=O)CCc1ncc(-c2ccc(C)cc2)o1. The molecule has 0 aliphatic heterocycles. The number of oxazole rings is 1. The van der Waals surface area contributed by atoms with Crippen LogP contribution in [-0.2, 0) is 11.2 Å². The predicted octanol–water partition coefficient (Wildman–Crippen LogP) is 4.01. The van der Waals surface area contributed by atoms with Crippen LogP contribution in [0, 0.1) is 6.92 Å². The fraction of sp³-hybridized carbons (Fsp3) is 0.368. The van der Waals surface area contributed by atoms with Crippen LogP contribution >= 0.6 is 0 Å². The molecule has 0 saturated heterocycles. The topological polar surface area (TPSA) is 46.3 Å². The number of rotatable bonds is 7. The fourth-order valence-corrected chi connectivity index (χ4v) is 2.35. The van der Waals surface area contributed by atoms with E-state index in [1.807, 2.05) is 45.0 Å². The summed E-state index contributed by atoms with van der Waals surface area (Å²) in [5.74, 6) is 1.44. The zero-order valence-electron chi connectivity index (χ0n) is 14.1. The lowest BCUT2D eigenvalue weighted by Crippen LogP contribution is -2.32. The van der Waals surface area contributed by atoms with E-state index >= 15 is 0 Å². The van der Waals surface area contributed by atoms with Crippen molar-refractivity contribution in [2.45, 2.75) is 33.6 Å². The van der Waals surface area contributed by atoms with E-state index in [0.29, 0.717) is 31.8 Å². The van der Waals surface area contributed by atoms with Gasteiger partial charge in [0.05, 0.1) is 6.20 Å². The molecule has 0 atom stereocenters. The molecule has 4 heteroatoms. The average Bonchev–Trinajstić information content (AvgIpc) is 2.99. The van der Waals surface area contributed by atoms with E-state index in [0.717, 1.165) is 16.9 Å². The summed E-state index contributed by atoms with van der Waals surface area (Å²) in [5.41, 5.74) is 3.19. The molecular weight excluding hydrogens is 288 g/mol. The van der Waals surface area contributed by atoms with E-state index in [1.165, 1.54) is 5.56 Å². The second-order valence-electron chi connectivity index (χ2n) is 5.85. The van der Waals surface area contributed by atoms with Crippen LogP contribution in [-0.4, -0.2) is 28.9 Å². The first kappa shape index (κ1) is 17.0. The highest BCUT2D eigenvalue weighted by atomic mass is 16.4. The number of likely N-dealkylation sites (N-methyl/N-ethyl adjacent to an activating group) is 1. The number of nitrogens with zero attached hydrogens (tertiary/aromatic N) is 2. The van der Waals surface area contributed by atoms with Crippen LogP contribution in [0.5, 0.6) is 0 Å². The molecule has 0 aliphatic carbocycles. The largest absolute Gasteiger partial charge is 0.441 e. The third-order valence-electron chi connectivity index (χ3n) is 3.64. The molecule has 0 radical (unpaired) electrons. The molecule has 0 spiro atoms. The van der Waals surface area contributed by atoms with Crippen molar-refractivity contribution in [1.29, 1.82) is 0 Å². The van der Waals surface area contributed by atoms with Gasteiger partial charge in [-0.2, -0.15) is 0 Å². The Morgan fingerprint density at radius 3 is 2.61 bits per heavy atom. The van der Waals surface area contributed by atoms with Crippen LogP contribution in [0.2, 0.25) is 0 Å². The molecule has 0 bridgehead atoms. The number of aryl methyl sites for hydroxylation is 2. The first-order valence-corrected chi connectivity index (χ1v) is 7.93. The monoisotopic (exact) mass is 312 g/mol. The van der Waals surface area contributed by atoms with Crippen molar-refractivity contribution in [3.63, 3.8) is 0 Å². The van der Waals surface area contributed by atoms with Crippen LogP contribution in [0.25, 0.3) is 11.3 Å². The lowest BCUT2D eigenvalue weighted by molar-refractivity contribution is -0.130. The number of carbonyl (C=O) groups excluding carboxylic acids is 1. The maximum absolute atomic E-state index is 12.2. The lowest BCUT2D eigenvalue weighted by atomic mass is 10.1. The summed E-state index contributed by atoms with van der Waals surface area (Å²) in [4.78, 5) is 18.3. The van der Waals surface area contributed by atoms with Gasteiger partial charge in [-0.3, -0.25) is 4.79 Å². The second-order valence-corrected chi connectivity index (χ2v) is 5.85. The molecule has 0 N–H and O–H groups in total. The number of hydrogen-bond acceptors (Lipinski definition) is 3. The van der Waals surface area contributed by atoms with E-state index in [4.69, 9.17) is 4.42 Å². The Labute approximate surface area is 137 Å². The molecule has 0 saturated carbocycles. The van der Waals surface area contributed by atoms with Gasteiger partial charge in [0.2, 0.25) is 5.91 Å². The molecular formula is C19H24N2O2. The smallest absolute Gasteiger partial charge is 0.223 e. The summed E-state index contributed by atoms with van der Waals surface area (Å²) in [6.07, 6.45) is 2.63. The molecule has 4 nitrogen and oxygen atoms in total. The van der Waals surface area contributed by atoms with Gasteiger partial charge in [0.1, 0.15) is 0 Å². The zero-order valence-corrected chi connectivity index (χ0v) is 14.1. The molecule has 1 aromatic heterocycles. The Kier molecular flexibility index (Phi) is 5.74. The van der Waals surface area contributed by atoms with Crippen LogP contribution in [0.15, 0.2) is 47.0 Å². The first-order chi connectivity index (χ1) is 11.0. The van der Waals surface area contributed by atoms with Crippen molar-refractivity contribution in [3.8, 4) is 11.3 Å². The van der Waals surface area contributed by atoms with Crippen LogP contribution in [0.4, 0.5) is 0 Å². The van der Waals surface area contributed by atoms with Crippen molar-refractivity contribution >= 4 is 5.91 Å². The molecule has 2 rings (SSSR count). The average molecular weight is 312 g/mol. The summed E-state index contributed by atoms with van der Waals surface area (Å²) >= 11 is 0. The number of benzene rings is 1. The normalized spacial score (nSPS) is 10.6.